The van der Waals surface area contributed by atoms with E-state index in [2.05, 4.69) is 4.74 Å². The second-order valence-electron chi connectivity index (χ2n) is 7.24. The quantitative estimate of drug-likeness (QED) is 0.535. The van der Waals surface area contributed by atoms with Gasteiger partial charge in [-0.05, 0) is 19.3 Å². The first-order valence-electron chi connectivity index (χ1n) is 8.39. The van der Waals surface area contributed by atoms with Gasteiger partial charge in [0, 0.05) is 25.7 Å². The van der Waals surface area contributed by atoms with E-state index in [4.69, 9.17) is 14.2 Å². The van der Waals surface area contributed by atoms with Crippen LogP contribution in [0.4, 0.5) is 17.6 Å². The zero-order chi connectivity index (χ0) is 19.3. The Morgan fingerprint density at radius 2 is 1.77 bits per heavy atom. The van der Waals surface area contributed by atoms with Gasteiger partial charge in [-0.3, -0.25) is 0 Å². The van der Waals surface area contributed by atoms with Gasteiger partial charge < -0.3 is 18.9 Å². The summed E-state index contributed by atoms with van der Waals surface area (Å²) in [6, 6.07) is 0. The van der Waals surface area contributed by atoms with Crippen molar-refractivity contribution in [1.82, 2.24) is 0 Å². The van der Waals surface area contributed by atoms with Crippen molar-refractivity contribution in [2.75, 3.05) is 13.2 Å². The zero-order valence-corrected chi connectivity index (χ0v) is 14.3. The molecule has 10 heteroatoms. The van der Waals surface area contributed by atoms with E-state index in [0.717, 1.165) is 0 Å². The molecule has 1 spiro atoms. The molecular formula is C16H20F4O6. The van der Waals surface area contributed by atoms with E-state index in [1.165, 1.54) is 0 Å². The number of esters is 2. The van der Waals surface area contributed by atoms with Crippen LogP contribution in [0.3, 0.4) is 0 Å². The molecule has 26 heavy (non-hydrogen) atoms. The van der Waals surface area contributed by atoms with Gasteiger partial charge in [-0.2, -0.15) is 17.6 Å². The number of rotatable bonds is 5. The van der Waals surface area contributed by atoms with E-state index in [1.54, 1.807) is 0 Å². The molecule has 5 unspecified atom stereocenters. The van der Waals surface area contributed by atoms with Crippen molar-refractivity contribution in [3.8, 4) is 0 Å². The lowest BCUT2D eigenvalue weighted by atomic mass is 9.91. The molecule has 2 aliphatic carbocycles. The fourth-order valence-electron chi connectivity index (χ4n) is 3.91. The van der Waals surface area contributed by atoms with Crippen LogP contribution >= 0.6 is 0 Å². The van der Waals surface area contributed by atoms with E-state index in [-0.39, 0.29) is 18.4 Å². The van der Waals surface area contributed by atoms with Gasteiger partial charge >= 0.3 is 23.8 Å². The smallest absolute Gasteiger partial charge is 0.377 e. The highest BCUT2D eigenvalue weighted by atomic mass is 19.3. The van der Waals surface area contributed by atoms with Gasteiger partial charge in [0.05, 0.1) is 6.61 Å². The Morgan fingerprint density at radius 3 is 2.38 bits per heavy atom. The molecule has 0 aromatic rings. The average Bonchev–Trinajstić information content (AvgIpc) is 3.21. The van der Waals surface area contributed by atoms with Gasteiger partial charge in [0.1, 0.15) is 12.7 Å². The number of hydrogen-bond donors (Lipinski definition) is 0. The standard InChI is InChI=1S/C16H20F4O6/c1-14(17,18)12(21)23-6-10-7-24-16(26-10)9-4-3-8(5-9)11(16)25-13(22)15(2,19)20/h8-11H,3-7H2,1-2H3. The Balaban J connectivity index is 1.66. The average molecular weight is 384 g/mol. The van der Waals surface area contributed by atoms with Crippen LogP contribution in [0.15, 0.2) is 0 Å². The summed E-state index contributed by atoms with van der Waals surface area (Å²) in [5, 5.41) is 0. The van der Waals surface area contributed by atoms with Crippen LogP contribution < -0.4 is 0 Å². The first-order valence-corrected chi connectivity index (χ1v) is 8.39. The fraction of sp³-hybridized carbons (Fsp3) is 0.875. The highest BCUT2D eigenvalue weighted by Crippen LogP contribution is 2.56. The molecule has 0 amide bonds. The van der Waals surface area contributed by atoms with Crippen molar-refractivity contribution in [2.45, 2.75) is 63.0 Å². The molecule has 148 valence electrons. The maximum Gasteiger partial charge on any atom is 0.377 e. The topological polar surface area (TPSA) is 71.1 Å². The minimum atomic E-state index is -3.65. The summed E-state index contributed by atoms with van der Waals surface area (Å²) in [4.78, 5) is 22.8. The number of halogens is 4. The zero-order valence-electron chi connectivity index (χ0n) is 14.3. The minimum absolute atomic E-state index is 0.0810. The highest BCUT2D eigenvalue weighted by molar-refractivity contribution is 5.77. The molecule has 1 heterocycles. The third kappa shape index (κ3) is 3.40. The Kier molecular flexibility index (Phi) is 4.71. The van der Waals surface area contributed by atoms with Gasteiger partial charge in [0.15, 0.2) is 6.10 Å². The number of hydrogen-bond acceptors (Lipinski definition) is 6. The normalized spacial score (nSPS) is 36.5. The maximum absolute atomic E-state index is 13.2. The molecule has 1 saturated heterocycles. The van der Waals surface area contributed by atoms with Gasteiger partial charge in [-0.1, -0.05) is 0 Å². The van der Waals surface area contributed by atoms with Gasteiger partial charge in [0.2, 0.25) is 5.79 Å². The van der Waals surface area contributed by atoms with E-state index >= 15 is 0 Å². The molecule has 0 N–H and O–H groups in total. The van der Waals surface area contributed by atoms with E-state index in [9.17, 15) is 27.2 Å². The van der Waals surface area contributed by atoms with Crippen molar-refractivity contribution >= 4 is 11.9 Å². The third-order valence-corrected chi connectivity index (χ3v) is 5.06. The van der Waals surface area contributed by atoms with E-state index in [1.807, 2.05) is 0 Å². The number of ether oxygens (including phenoxy) is 4. The van der Waals surface area contributed by atoms with Gasteiger partial charge in [-0.25, -0.2) is 9.59 Å². The summed E-state index contributed by atoms with van der Waals surface area (Å²) in [7, 11) is 0. The molecule has 6 nitrogen and oxygen atoms in total. The molecule has 0 aromatic carbocycles. The van der Waals surface area contributed by atoms with Crippen molar-refractivity contribution < 1.29 is 46.1 Å². The van der Waals surface area contributed by atoms with Crippen LogP contribution in [0, 0.1) is 11.8 Å². The van der Waals surface area contributed by atoms with Crippen molar-refractivity contribution in [1.29, 1.82) is 0 Å². The summed E-state index contributed by atoms with van der Waals surface area (Å²) in [6.45, 7) is 0.312. The minimum Gasteiger partial charge on any atom is -0.458 e. The second-order valence-corrected chi connectivity index (χ2v) is 7.24. The lowest BCUT2D eigenvalue weighted by Crippen LogP contribution is -2.52. The van der Waals surface area contributed by atoms with Crippen molar-refractivity contribution in [3.63, 3.8) is 0 Å². The highest BCUT2D eigenvalue weighted by Gasteiger charge is 2.66. The molecular weight excluding hydrogens is 364 g/mol. The van der Waals surface area contributed by atoms with Crippen LogP contribution in [-0.2, 0) is 28.5 Å². The molecule has 5 atom stereocenters. The first kappa shape index (κ1) is 19.3. The molecule has 0 aromatic heterocycles. The second kappa shape index (κ2) is 6.33. The Labute approximate surface area is 147 Å². The van der Waals surface area contributed by atoms with Crippen LogP contribution in [0.5, 0.6) is 0 Å². The molecule has 1 aliphatic heterocycles. The van der Waals surface area contributed by atoms with E-state index in [0.29, 0.717) is 33.1 Å². The van der Waals surface area contributed by atoms with Crippen molar-refractivity contribution in [2.24, 2.45) is 11.8 Å². The monoisotopic (exact) mass is 384 g/mol. The SMILES string of the molecule is CC(F)(F)C(=O)OCC1COC2(O1)C1CCC(C1)C2OC(=O)C(C)(F)F. The largest absolute Gasteiger partial charge is 0.458 e. The van der Waals surface area contributed by atoms with Crippen LogP contribution in [-0.4, -0.2) is 55.0 Å². The molecule has 2 saturated carbocycles. The van der Waals surface area contributed by atoms with Gasteiger partial charge in [0.25, 0.3) is 0 Å². The summed E-state index contributed by atoms with van der Waals surface area (Å²) in [5.74, 6) is -12.4. The number of alkyl halides is 4. The summed E-state index contributed by atoms with van der Waals surface area (Å²) in [6.07, 6.45) is 0.138. The van der Waals surface area contributed by atoms with Crippen LogP contribution in [0.1, 0.15) is 33.1 Å². The fourth-order valence-corrected chi connectivity index (χ4v) is 3.91. The molecule has 2 bridgehead atoms. The Bertz CT molecular complexity index is 586. The predicted molar refractivity (Wildman–Crippen MR) is 76.5 cm³/mol. The lowest BCUT2D eigenvalue weighted by molar-refractivity contribution is -0.266. The predicted octanol–water partition coefficient (Wildman–Crippen LogP) is 2.29. The Morgan fingerprint density at radius 1 is 1.12 bits per heavy atom. The number of carbonyl (C=O) groups is 2. The number of fused-ring (bicyclic) bond motifs is 3. The van der Waals surface area contributed by atoms with E-state index < -0.39 is 48.4 Å². The maximum atomic E-state index is 13.2. The molecule has 3 rings (SSSR count). The van der Waals surface area contributed by atoms with Crippen LogP contribution in [0.25, 0.3) is 0 Å². The lowest BCUT2D eigenvalue weighted by Gasteiger charge is -2.38. The van der Waals surface area contributed by atoms with Gasteiger partial charge in [-0.15, -0.1) is 0 Å². The summed E-state index contributed by atoms with van der Waals surface area (Å²) >= 11 is 0. The summed E-state index contributed by atoms with van der Waals surface area (Å²) < 4.78 is 73.1. The third-order valence-electron chi connectivity index (χ3n) is 5.06. The summed E-state index contributed by atoms with van der Waals surface area (Å²) in [5.41, 5.74) is 0. The first-order chi connectivity index (χ1) is 11.9. The molecule has 0 radical (unpaired) electrons. The molecule has 3 fully saturated rings. The van der Waals surface area contributed by atoms with Crippen molar-refractivity contribution in [3.05, 3.63) is 0 Å². The Hall–Kier alpha value is -1.42. The molecule has 3 aliphatic rings. The van der Waals surface area contributed by atoms with Crippen LogP contribution in [0.2, 0.25) is 0 Å². The number of carbonyl (C=O) groups excluding carboxylic acids is 2.